The molecule has 0 fully saturated rings. The van der Waals surface area contributed by atoms with E-state index in [9.17, 15) is 14.4 Å². The van der Waals surface area contributed by atoms with Crippen LogP contribution < -0.4 is 0 Å². The largest absolute Gasteiger partial charge is 0.478 e. The molecule has 0 unspecified atom stereocenters. The van der Waals surface area contributed by atoms with E-state index in [0.717, 1.165) is 0 Å². The maximum absolute atomic E-state index is 11.8. The molecule has 1 aromatic carbocycles. The number of carbonyl (C=O) groups is 3. The Balaban J connectivity index is 2.71. The van der Waals surface area contributed by atoms with Crippen molar-refractivity contribution in [1.29, 1.82) is 0 Å². The third-order valence-corrected chi connectivity index (χ3v) is 2.55. The van der Waals surface area contributed by atoms with Crippen LogP contribution in [0.3, 0.4) is 0 Å². The molecule has 0 saturated heterocycles. The number of rotatable bonds is 6. The summed E-state index contributed by atoms with van der Waals surface area (Å²) in [4.78, 5) is 34.0. The van der Waals surface area contributed by atoms with Crippen LogP contribution in [0.25, 0.3) is 0 Å². The number of benzene rings is 1. The molecule has 6 heteroatoms. The van der Waals surface area contributed by atoms with E-state index >= 15 is 0 Å². The van der Waals surface area contributed by atoms with Crippen LogP contribution in [-0.4, -0.2) is 36.2 Å². The highest BCUT2D eigenvalue weighted by atomic mass is 16.5. The van der Waals surface area contributed by atoms with Gasteiger partial charge in [0.25, 0.3) is 0 Å². The fourth-order valence-corrected chi connectivity index (χ4v) is 1.66. The van der Waals surface area contributed by atoms with Crippen LogP contribution in [0.5, 0.6) is 0 Å². The molecule has 0 aliphatic rings. The molecule has 0 radical (unpaired) electrons. The summed E-state index contributed by atoms with van der Waals surface area (Å²) in [5.74, 6) is -2.43. The van der Waals surface area contributed by atoms with Gasteiger partial charge >= 0.3 is 17.9 Å². The first-order chi connectivity index (χ1) is 9.47. The van der Waals surface area contributed by atoms with Gasteiger partial charge in [-0.1, -0.05) is 12.1 Å². The SMILES string of the molecule is CCOC(=O)CCOC(=O)c1cccc(C)c1C(=O)O. The zero-order valence-corrected chi connectivity index (χ0v) is 11.3. The minimum Gasteiger partial charge on any atom is -0.478 e. The Labute approximate surface area is 116 Å². The van der Waals surface area contributed by atoms with E-state index in [1.165, 1.54) is 6.07 Å². The van der Waals surface area contributed by atoms with E-state index < -0.39 is 17.9 Å². The molecule has 0 saturated carbocycles. The summed E-state index contributed by atoms with van der Waals surface area (Å²) in [7, 11) is 0. The maximum atomic E-state index is 11.8. The first-order valence-corrected chi connectivity index (χ1v) is 6.13. The highest BCUT2D eigenvalue weighted by Crippen LogP contribution is 2.15. The molecule has 6 nitrogen and oxygen atoms in total. The lowest BCUT2D eigenvalue weighted by molar-refractivity contribution is -0.143. The number of hydrogen-bond donors (Lipinski definition) is 1. The monoisotopic (exact) mass is 280 g/mol. The molecule has 1 rings (SSSR count). The molecule has 0 atom stereocenters. The molecule has 108 valence electrons. The second kappa shape index (κ2) is 7.28. The van der Waals surface area contributed by atoms with Crippen molar-refractivity contribution in [1.82, 2.24) is 0 Å². The van der Waals surface area contributed by atoms with Crippen LogP contribution in [0.1, 0.15) is 39.6 Å². The van der Waals surface area contributed by atoms with Gasteiger partial charge in [-0.3, -0.25) is 4.79 Å². The zero-order valence-electron chi connectivity index (χ0n) is 11.3. The van der Waals surface area contributed by atoms with Crippen LogP contribution in [0.15, 0.2) is 18.2 Å². The highest BCUT2D eigenvalue weighted by molar-refractivity contribution is 6.03. The summed E-state index contributed by atoms with van der Waals surface area (Å²) in [6.07, 6.45) is -0.0617. The summed E-state index contributed by atoms with van der Waals surface area (Å²) in [6, 6.07) is 4.55. The maximum Gasteiger partial charge on any atom is 0.339 e. The zero-order chi connectivity index (χ0) is 15.1. The molecule has 0 aliphatic heterocycles. The van der Waals surface area contributed by atoms with Crippen molar-refractivity contribution in [3.63, 3.8) is 0 Å². The van der Waals surface area contributed by atoms with Gasteiger partial charge in [0.15, 0.2) is 0 Å². The standard InChI is InChI=1S/C14H16O6/c1-3-19-11(15)7-8-20-14(18)10-6-4-5-9(2)12(10)13(16)17/h4-6H,3,7-8H2,1-2H3,(H,16,17). The van der Waals surface area contributed by atoms with Crippen LogP contribution in [0.2, 0.25) is 0 Å². The summed E-state index contributed by atoms with van der Waals surface area (Å²) in [5, 5.41) is 9.10. The molecule has 0 bridgehead atoms. The average molecular weight is 280 g/mol. The number of aryl methyl sites for hydroxylation is 1. The third-order valence-electron chi connectivity index (χ3n) is 2.55. The Morgan fingerprint density at radius 2 is 1.90 bits per heavy atom. The molecule has 0 heterocycles. The predicted octanol–water partition coefficient (Wildman–Crippen LogP) is 1.80. The fraction of sp³-hybridized carbons (Fsp3) is 0.357. The van der Waals surface area contributed by atoms with E-state index in [1.807, 2.05) is 0 Å². The average Bonchev–Trinajstić information content (AvgIpc) is 2.38. The van der Waals surface area contributed by atoms with Gasteiger partial charge in [0, 0.05) is 0 Å². The third kappa shape index (κ3) is 4.08. The molecule has 20 heavy (non-hydrogen) atoms. The summed E-state index contributed by atoms with van der Waals surface area (Å²) < 4.78 is 9.57. The predicted molar refractivity (Wildman–Crippen MR) is 69.7 cm³/mol. The summed E-state index contributed by atoms with van der Waals surface area (Å²) >= 11 is 0. The summed E-state index contributed by atoms with van der Waals surface area (Å²) in [6.45, 7) is 3.38. The normalized spacial score (nSPS) is 9.90. The van der Waals surface area contributed by atoms with Crippen molar-refractivity contribution in [3.05, 3.63) is 34.9 Å². The van der Waals surface area contributed by atoms with Gasteiger partial charge in [-0.2, -0.15) is 0 Å². The molecule has 1 aromatic rings. The van der Waals surface area contributed by atoms with Gasteiger partial charge in [-0.05, 0) is 25.5 Å². The van der Waals surface area contributed by atoms with Gasteiger partial charge < -0.3 is 14.6 Å². The Morgan fingerprint density at radius 1 is 1.20 bits per heavy atom. The van der Waals surface area contributed by atoms with Gasteiger partial charge in [0.05, 0.1) is 24.2 Å². The lowest BCUT2D eigenvalue weighted by Crippen LogP contribution is -2.15. The minimum absolute atomic E-state index is 0.0265. The second-order valence-corrected chi connectivity index (χ2v) is 3.99. The van der Waals surface area contributed by atoms with Gasteiger partial charge in [0.1, 0.15) is 6.61 Å². The van der Waals surface area contributed by atoms with Crippen molar-refractivity contribution in [2.45, 2.75) is 20.3 Å². The van der Waals surface area contributed by atoms with Crippen LogP contribution in [0, 0.1) is 6.92 Å². The lowest BCUT2D eigenvalue weighted by atomic mass is 10.0. The van der Waals surface area contributed by atoms with Crippen LogP contribution in [-0.2, 0) is 14.3 Å². The topological polar surface area (TPSA) is 89.9 Å². The molecular weight excluding hydrogens is 264 g/mol. The van der Waals surface area contributed by atoms with Crippen molar-refractivity contribution < 1.29 is 29.0 Å². The highest BCUT2D eigenvalue weighted by Gasteiger charge is 2.19. The molecule has 0 aliphatic carbocycles. The Morgan fingerprint density at radius 3 is 2.50 bits per heavy atom. The smallest absolute Gasteiger partial charge is 0.339 e. The number of carboxylic acid groups (broad SMARTS) is 1. The molecular formula is C14H16O6. The van der Waals surface area contributed by atoms with E-state index in [-0.39, 0.29) is 30.8 Å². The quantitative estimate of drug-likeness (QED) is 0.799. The lowest BCUT2D eigenvalue weighted by Gasteiger charge is -2.09. The molecule has 0 aromatic heterocycles. The van der Waals surface area contributed by atoms with Crippen molar-refractivity contribution in [2.24, 2.45) is 0 Å². The number of ether oxygens (including phenoxy) is 2. The van der Waals surface area contributed by atoms with Gasteiger partial charge in [-0.25, -0.2) is 9.59 Å². The summed E-state index contributed by atoms with van der Waals surface area (Å²) in [5.41, 5.74) is 0.354. The molecule has 1 N–H and O–H groups in total. The van der Waals surface area contributed by atoms with E-state index in [4.69, 9.17) is 9.84 Å². The molecule has 0 spiro atoms. The Hall–Kier alpha value is -2.37. The van der Waals surface area contributed by atoms with Crippen molar-refractivity contribution in [3.8, 4) is 0 Å². The Kier molecular flexibility index (Phi) is 5.71. The van der Waals surface area contributed by atoms with E-state index in [2.05, 4.69) is 4.74 Å². The van der Waals surface area contributed by atoms with Crippen molar-refractivity contribution in [2.75, 3.05) is 13.2 Å². The van der Waals surface area contributed by atoms with E-state index in [1.54, 1.807) is 26.0 Å². The number of carboxylic acids is 1. The van der Waals surface area contributed by atoms with Gasteiger partial charge in [0.2, 0.25) is 0 Å². The Bertz CT molecular complexity index is 520. The van der Waals surface area contributed by atoms with Crippen LogP contribution >= 0.6 is 0 Å². The fourth-order valence-electron chi connectivity index (χ4n) is 1.66. The number of esters is 2. The minimum atomic E-state index is -1.19. The first kappa shape index (κ1) is 15.7. The number of hydrogen-bond acceptors (Lipinski definition) is 5. The molecule has 0 amide bonds. The number of carbonyl (C=O) groups excluding carboxylic acids is 2. The van der Waals surface area contributed by atoms with E-state index in [0.29, 0.717) is 5.56 Å². The first-order valence-electron chi connectivity index (χ1n) is 6.13. The number of aromatic carboxylic acids is 1. The van der Waals surface area contributed by atoms with Crippen molar-refractivity contribution >= 4 is 17.9 Å². The second-order valence-electron chi connectivity index (χ2n) is 3.99. The van der Waals surface area contributed by atoms with Crippen LogP contribution in [0.4, 0.5) is 0 Å². The van der Waals surface area contributed by atoms with Gasteiger partial charge in [-0.15, -0.1) is 0 Å².